The third kappa shape index (κ3) is 2.48. The van der Waals surface area contributed by atoms with Crippen molar-refractivity contribution in [3.05, 3.63) is 88.2 Å². The van der Waals surface area contributed by atoms with Crippen LogP contribution >= 0.6 is 0 Å². The van der Waals surface area contributed by atoms with Gasteiger partial charge in [0, 0.05) is 24.4 Å². The summed E-state index contributed by atoms with van der Waals surface area (Å²) in [4.78, 5) is 28.6. The second kappa shape index (κ2) is 6.45. The van der Waals surface area contributed by atoms with Gasteiger partial charge < -0.3 is 4.90 Å². The molecular weight excluding hydrogens is 393 g/mol. The number of amides is 2. The largest absolute Gasteiger partial charge is 0.340 e. The van der Waals surface area contributed by atoms with E-state index in [1.165, 1.54) is 6.07 Å². The molecule has 0 radical (unpaired) electrons. The average Bonchev–Trinajstić information content (AvgIpc) is 3.23. The van der Waals surface area contributed by atoms with Crippen molar-refractivity contribution in [3.63, 3.8) is 0 Å². The van der Waals surface area contributed by atoms with Gasteiger partial charge in [-0.15, -0.1) is 0 Å². The second-order valence-corrected chi connectivity index (χ2v) is 7.35. The fourth-order valence-corrected chi connectivity index (χ4v) is 4.34. The highest BCUT2D eigenvalue weighted by Crippen LogP contribution is 2.42. The Kier molecular flexibility index (Phi) is 3.96. The van der Waals surface area contributed by atoms with Crippen molar-refractivity contribution < 1.29 is 22.8 Å². The van der Waals surface area contributed by atoms with Crippen LogP contribution < -0.4 is 9.80 Å². The molecule has 0 atom stereocenters. The van der Waals surface area contributed by atoms with Crippen molar-refractivity contribution >= 4 is 28.9 Å². The Bertz CT molecular complexity index is 1230. The molecule has 2 aliphatic heterocycles. The van der Waals surface area contributed by atoms with Crippen molar-refractivity contribution in [2.24, 2.45) is 0 Å². The van der Waals surface area contributed by atoms with Crippen LogP contribution in [0.3, 0.4) is 0 Å². The molecule has 5 rings (SSSR count). The summed E-state index contributed by atoms with van der Waals surface area (Å²) < 4.78 is 42.0. The number of halogens is 3. The molecule has 0 saturated carbocycles. The van der Waals surface area contributed by atoms with E-state index in [-0.39, 0.29) is 11.1 Å². The van der Waals surface area contributed by atoms with Crippen molar-refractivity contribution in [3.8, 4) is 0 Å². The van der Waals surface area contributed by atoms with Gasteiger partial charge in [0.25, 0.3) is 11.8 Å². The minimum Gasteiger partial charge on any atom is -0.340 e. The number of hydrogen-bond donors (Lipinski definition) is 0. The van der Waals surface area contributed by atoms with Crippen LogP contribution in [-0.4, -0.2) is 18.4 Å². The van der Waals surface area contributed by atoms with Crippen LogP contribution in [0.4, 0.5) is 30.2 Å². The smallest absolute Gasteiger partial charge is 0.268 e. The van der Waals surface area contributed by atoms with Gasteiger partial charge >= 0.3 is 0 Å². The lowest BCUT2D eigenvalue weighted by Gasteiger charge is -2.23. The third-order valence-corrected chi connectivity index (χ3v) is 5.58. The first-order valence-corrected chi connectivity index (χ1v) is 9.41. The molecule has 3 aromatic carbocycles. The number of fused-ring (bicyclic) bond motifs is 2. The Morgan fingerprint density at radius 2 is 1.57 bits per heavy atom. The standard InChI is InChI=1S/C23H15F3N2O2/c1-12-4-2-5-13-8-9-27(20(12)13)18-7-3-6-15-19(18)23(30)28(22(15)29)21-16(25)10-14(24)11-17(21)26/h2-7,10-11H,8-9H2,1H3. The van der Waals surface area contributed by atoms with Crippen LogP contribution in [0.25, 0.3) is 0 Å². The van der Waals surface area contributed by atoms with Gasteiger partial charge in [0.2, 0.25) is 0 Å². The number of hydrogen-bond acceptors (Lipinski definition) is 3. The molecule has 4 nitrogen and oxygen atoms in total. The molecule has 2 heterocycles. The summed E-state index contributed by atoms with van der Waals surface area (Å²) in [5, 5.41) is 0. The maximum Gasteiger partial charge on any atom is 0.268 e. The van der Waals surface area contributed by atoms with Crippen LogP contribution in [0.5, 0.6) is 0 Å². The molecule has 150 valence electrons. The maximum atomic E-state index is 14.3. The predicted octanol–water partition coefficient (Wildman–Crippen LogP) is 4.91. The SMILES string of the molecule is Cc1cccc2c1N(c1cccc3c1C(=O)N(c1c(F)cc(F)cc1F)C3=O)CC2. The lowest BCUT2D eigenvalue weighted by atomic mass is 10.0. The molecule has 2 aliphatic rings. The first kappa shape index (κ1) is 18.4. The van der Waals surface area contributed by atoms with Crippen LogP contribution in [0.15, 0.2) is 48.5 Å². The lowest BCUT2D eigenvalue weighted by molar-refractivity contribution is 0.0923. The summed E-state index contributed by atoms with van der Waals surface area (Å²) in [5.74, 6) is -5.44. The number of para-hydroxylation sites is 1. The summed E-state index contributed by atoms with van der Waals surface area (Å²) in [6, 6.07) is 11.6. The van der Waals surface area contributed by atoms with Crippen molar-refractivity contribution in [2.45, 2.75) is 13.3 Å². The average molecular weight is 408 g/mol. The van der Waals surface area contributed by atoms with E-state index >= 15 is 0 Å². The highest BCUT2D eigenvalue weighted by Gasteiger charge is 2.42. The highest BCUT2D eigenvalue weighted by atomic mass is 19.1. The van der Waals surface area contributed by atoms with E-state index in [0.29, 0.717) is 29.3 Å². The summed E-state index contributed by atoms with van der Waals surface area (Å²) >= 11 is 0. The predicted molar refractivity (Wildman–Crippen MR) is 106 cm³/mol. The molecule has 0 aromatic heterocycles. The quantitative estimate of drug-likeness (QED) is 0.566. The number of benzene rings is 3. The fraction of sp³-hybridized carbons (Fsp3) is 0.130. The number of carbonyl (C=O) groups is 2. The number of carbonyl (C=O) groups excluding carboxylic acids is 2. The first-order valence-electron chi connectivity index (χ1n) is 9.41. The maximum absolute atomic E-state index is 14.3. The normalized spacial score (nSPS) is 15.1. The summed E-state index contributed by atoms with van der Waals surface area (Å²) in [5.41, 5.74) is 2.88. The zero-order valence-electron chi connectivity index (χ0n) is 15.9. The van der Waals surface area contributed by atoms with E-state index < -0.39 is 35.0 Å². The molecule has 7 heteroatoms. The van der Waals surface area contributed by atoms with Crippen LogP contribution in [0.2, 0.25) is 0 Å². The minimum atomic E-state index is -1.31. The molecule has 0 N–H and O–H groups in total. The van der Waals surface area contributed by atoms with Crippen molar-refractivity contribution in [1.29, 1.82) is 0 Å². The lowest BCUT2D eigenvalue weighted by Crippen LogP contribution is -2.31. The number of nitrogens with zero attached hydrogens (tertiary/aromatic N) is 2. The van der Waals surface area contributed by atoms with Gasteiger partial charge in [0.1, 0.15) is 11.5 Å². The van der Waals surface area contributed by atoms with Crippen LogP contribution in [0.1, 0.15) is 31.8 Å². The minimum absolute atomic E-state index is 0.0580. The number of aryl methyl sites for hydroxylation is 1. The van der Waals surface area contributed by atoms with Crippen LogP contribution in [0, 0.1) is 24.4 Å². The van der Waals surface area contributed by atoms with Gasteiger partial charge in [-0.1, -0.05) is 24.3 Å². The highest BCUT2D eigenvalue weighted by molar-refractivity contribution is 6.36. The molecule has 0 saturated heterocycles. The number of anilines is 3. The molecule has 3 aromatic rings. The van der Waals surface area contributed by atoms with Gasteiger partial charge in [0.15, 0.2) is 11.6 Å². The number of rotatable bonds is 2. The Morgan fingerprint density at radius 1 is 0.867 bits per heavy atom. The zero-order chi connectivity index (χ0) is 21.2. The molecule has 0 bridgehead atoms. The first-order chi connectivity index (χ1) is 14.4. The zero-order valence-corrected chi connectivity index (χ0v) is 15.9. The van der Waals surface area contributed by atoms with E-state index in [9.17, 15) is 22.8 Å². The van der Waals surface area contributed by atoms with E-state index in [2.05, 4.69) is 0 Å². The third-order valence-electron chi connectivity index (χ3n) is 5.58. The number of imide groups is 1. The molecule has 0 fully saturated rings. The van der Waals surface area contributed by atoms with E-state index in [0.717, 1.165) is 23.2 Å². The van der Waals surface area contributed by atoms with E-state index in [1.54, 1.807) is 12.1 Å². The summed E-state index contributed by atoms with van der Waals surface area (Å²) in [6.07, 6.45) is 0.772. The second-order valence-electron chi connectivity index (χ2n) is 7.35. The van der Waals surface area contributed by atoms with Gasteiger partial charge in [0.05, 0.1) is 16.8 Å². The molecule has 30 heavy (non-hydrogen) atoms. The van der Waals surface area contributed by atoms with Gasteiger partial charge in [-0.25, -0.2) is 18.1 Å². The Labute approximate surface area is 170 Å². The monoisotopic (exact) mass is 408 g/mol. The van der Waals surface area contributed by atoms with E-state index in [1.807, 2.05) is 30.0 Å². The fourth-order valence-electron chi connectivity index (χ4n) is 4.34. The molecule has 2 amide bonds. The topological polar surface area (TPSA) is 40.6 Å². The Balaban J connectivity index is 1.67. The Morgan fingerprint density at radius 3 is 2.30 bits per heavy atom. The van der Waals surface area contributed by atoms with E-state index in [4.69, 9.17) is 0 Å². The summed E-state index contributed by atoms with van der Waals surface area (Å²) in [6.45, 7) is 2.57. The van der Waals surface area contributed by atoms with Crippen molar-refractivity contribution in [1.82, 2.24) is 0 Å². The summed E-state index contributed by atoms with van der Waals surface area (Å²) in [7, 11) is 0. The van der Waals surface area contributed by atoms with Crippen molar-refractivity contribution in [2.75, 3.05) is 16.3 Å². The molecule has 0 aliphatic carbocycles. The molecule has 0 spiro atoms. The van der Waals surface area contributed by atoms with Gasteiger partial charge in [-0.05, 0) is 36.6 Å². The molecular formula is C23H15F3N2O2. The molecule has 0 unspecified atom stereocenters. The van der Waals surface area contributed by atoms with Crippen LogP contribution in [-0.2, 0) is 6.42 Å². The van der Waals surface area contributed by atoms with Gasteiger partial charge in [-0.3, -0.25) is 9.59 Å². The van der Waals surface area contributed by atoms with Gasteiger partial charge in [-0.2, -0.15) is 0 Å². The Hall–Kier alpha value is -3.61.